The monoisotopic (exact) mass is 241 g/mol. The van der Waals surface area contributed by atoms with Crippen LogP contribution in [0.1, 0.15) is 6.42 Å². The first-order chi connectivity index (χ1) is 6.21. The molecule has 1 aliphatic rings. The molecule has 0 saturated heterocycles. The van der Waals surface area contributed by atoms with Crippen LogP contribution in [0.15, 0.2) is 0 Å². The molecule has 0 amide bonds. The van der Waals surface area contributed by atoms with Crippen LogP contribution in [0.25, 0.3) is 0 Å². The van der Waals surface area contributed by atoms with Crippen molar-refractivity contribution < 1.29 is 20.8 Å². The molecule has 0 aliphatic carbocycles. The number of hydrogen-bond acceptors (Lipinski definition) is 4. The SMILES string of the molecule is CS(=O)(=O)N1C=[N+](S(C)(=O)=O)CCC1. The fourth-order valence-corrected chi connectivity index (χ4v) is 2.70. The molecule has 1 heterocycles. The van der Waals surface area contributed by atoms with Crippen LogP contribution in [0, 0.1) is 0 Å². The van der Waals surface area contributed by atoms with Crippen molar-refractivity contribution in [2.45, 2.75) is 6.42 Å². The number of hydrogen-bond donors (Lipinski definition) is 0. The van der Waals surface area contributed by atoms with E-state index in [4.69, 9.17) is 0 Å². The Morgan fingerprint density at radius 1 is 1.21 bits per heavy atom. The summed E-state index contributed by atoms with van der Waals surface area (Å²) in [6.07, 6.45) is 3.75. The average Bonchev–Trinajstić information content (AvgIpc) is 2.01. The van der Waals surface area contributed by atoms with Crippen LogP contribution >= 0.6 is 0 Å². The van der Waals surface area contributed by atoms with Crippen molar-refractivity contribution >= 4 is 26.4 Å². The van der Waals surface area contributed by atoms with Crippen molar-refractivity contribution in [2.24, 2.45) is 0 Å². The standard InChI is InChI=1S/C6H13N2O4S2/c1-13(9,10)7-4-3-5-8(6-7)14(2,11)12/h6H,3-5H2,1-2H3/q+1. The topological polar surface area (TPSA) is 74.5 Å². The molecule has 0 spiro atoms. The predicted molar refractivity (Wildman–Crippen MR) is 52.2 cm³/mol. The van der Waals surface area contributed by atoms with Gasteiger partial charge >= 0.3 is 0 Å². The molecule has 0 saturated carbocycles. The zero-order chi connectivity index (χ0) is 11.0. The van der Waals surface area contributed by atoms with Gasteiger partial charge in [-0.1, -0.05) is 0 Å². The molecule has 6 nitrogen and oxygen atoms in total. The van der Waals surface area contributed by atoms with Crippen LogP contribution in [-0.2, 0) is 20.0 Å². The highest BCUT2D eigenvalue weighted by molar-refractivity contribution is 7.89. The van der Waals surface area contributed by atoms with E-state index in [2.05, 4.69) is 0 Å². The molecule has 0 N–H and O–H groups in total. The third kappa shape index (κ3) is 2.68. The molecule has 82 valence electrons. The van der Waals surface area contributed by atoms with E-state index in [1.54, 1.807) is 0 Å². The largest absolute Gasteiger partial charge is 0.297 e. The summed E-state index contributed by atoms with van der Waals surface area (Å²) in [4.78, 5) is 0. The molecule has 1 aliphatic heterocycles. The van der Waals surface area contributed by atoms with Crippen molar-refractivity contribution in [1.82, 2.24) is 4.31 Å². The van der Waals surface area contributed by atoms with E-state index in [9.17, 15) is 16.8 Å². The first-order valence-electron chi connectivity index (χ1n) is 4.00. The summed E-state index contributed by atoms with van der Waals surface area (Å²) in [5.41, 5.74) is 0. The molecular formula is C6H13N2O4S2+. The maximum atomic E-state index is 11.1. The van der Waals surface area contributed by atoms with E-state index >= 15 is 0 Å². The van der Waals surface area contributed by atoms with Crippen LogP contribution in [-0.4, -0.2) is 57.1 Å². The average molecular weight is 241 g/mol. The minimum atomic E-state index is -3.35. The Bertz CT molecular complexity index is 448. The first kappa shape index (κ1) is 11.4. The Kier molecular flexibility index (Phi) is 2.86. The number of rotatable bonds is 2. The van der Waals surface area contributed by atoms with Crippen molar-refractivity contribution in [3.63, 3.8) is 0 Å². The minimum absolute atomic E-state index is 0.338. The van der Waals surface area contributed by atoms with E-state index in [1.807, 2.05) is 0 Å². The second kappa shape index (κ2) is 3.50. The van der Waals surface area contributed by atoms with Crippen LogP contribution in [0.4, 0.5) is 0 Å². The second-order valence-corrected chi connectivity index (χ2v) is 7.09. The zero-order valence-corrected chi connectivity index (χ0v) is 9.68. The molecule has 0 aromatic heterocycles. The lowest BCUT2D eigenvalue weighted by Gasteiger charge is -2.16. The predicted octanol–water partition coefficient (Wildman–Crippen LogP) is -1.35. The van der Waals surface area contributed by atoms with E-state index in [0.717, 1.165) is 27.1 Å². The Balaban J connectivity index is 3.09. The molecule has 0 radical (unpaired) electrons. The van der Waals surface area contributed by atoms with Gasteiger partial charge in [0.2, 0.25) is 0 Å². The summed E-state index contributed by atoms with van der Waals surface area (Å²) < 4.78 is 46.6. The fourth-order valence-electron chi connectivity index (χ4n) is 1.14. The van der Waals surface area contributed by atoms with Gasteiger partial charge in [-0.2, -0.15) is 25.1 Å². The van der Waals surface area contributed by atoms with Gasteiger partial charge in [-0.25, -0.2) is 0 Å². The molecule has 0 aromatic rings. The summed E-state index contributed by atoms with van der Waals surface area (Å²) in [5, 5.41) is 0. The summed E-state index contributed by atoms with van der Waals surface area (Å²) >= 11 is 0. The molecule has 0 unspecified atom stereocenters. The van der Waals surface area contributed by atoms with Gasteiger partial charge in [0.25, 0.3) is 26.4 Å². The van der Waals surface area contributed by atoms with Gasteiger partial charge in [-0.15, -0.1) is 0 Å². The highest BCUT2D eigenvalue weighted by Crippen LogP contribution is 2.04. The molecule has 0 atom stereocenters. The molecule has 1 rings (SSSR count). The lowest BCUT2D eigenvalue weighted by Crippen LogP contribution is -2.41. The number of nitrogens with zero attached hydrogens (tertiary/aromatic N) is 2. The lowest BCUT2D eigenvalue weighted by molar-refractivity contribution is -0.371. The first-order valence-corrected chi connectivity index (χ1v) is 7.69. The van der Waals surface area contributed by atoms with Gasteiger partial charge in [0.05, 0.1) is 12.5 Å². The highest BCUT2D eigenvalue weighted by atomic mass is 32.2. The Hall–Kier alpha value is -0.630. The van der Waals surface area contributed by atoms with Gasteiger partial charge in [0.1, 0.15) is 13.1 Å². The summed E-state index contributed by atoms with van der Waals surface area (Å²) in [5.74, 6) is 0. The van der Waals surface area contributed by atoms with Gasteiger partial charge in [-0.3, -0.25) is 0 Å². The normalized spacial score (nSPS) is 19.3. The van der Waals surface area contributed by atoms with E-state index < -0.39 is 20.0 Å². The molecule has 8 heteroatoms. The van der Waals surface area contributed by atoms with Crippen molar-refractivity contribution in [3.05, 3.63) is 0 Å². The smallest absolute Gasteiger partial charge is 0.184 e. The van der Waals surface area contributed by atoms with Crippen LogP contribution < -0.4 is 0 Å². The molecular weight excluding hydrogens is 228 g/mol. The highest BCUT2D eigenvalue weighted by Gasteiger charge is 2.28. The summed E-state index contributed by atoms with van der Waals surface area (Å²) in [6, 6.07) is 0. The molecule has 0 bridgehead atoms. The molecule has 0 aromatic carbocycles. The number of sulfonamides is 2. The van der Waals surface area contributed by atoms with Crippen LogP contribution in [0.5, 0.6) is 0 Å². The second-order valence-electron chi connectivity index (χ2n) is 3.22. The maximum Gasteiger partial charge on any atom is 0.297 e. The quantitative estimate of drug-likeness (QED) is 0.560. The van der Waals surface area contributed by atoms with Crippen LogP contribution in [0.2, 0.25) is 0 Å². The van der Waals surface area contributed by atoms with Crippen molar-refractivity contribution in [2.75, 3.05) is 25.6 Å². The Labute approximate surface area is 83.9 Å². The zero-order valence-electron chi connectivity index (χ0n) is 8.04. The van der Waals surface area contributed by atoms with E-state index in [1.165, 1.54) is 0 Å². The Morgan fingerprint density at radius 2 is 1.79 bits per heavy atom. The third-order valence-corrected chi connectivity index (χ3v) is 4.12. The molecule has 0 fully saturated rings. The molecule has 14 heavy (non-hydrogen) atoms. The van der Waals surface area contributed by atoms with Crippen LogP contribution in [0.3, 0.4) is 0 Å². The summed E-state index contributed by atoms with van der Waals surface area (Å²) in [7, 11) is -6.69. The Morgan fingerprint density at radius 3 is 2.21 bits per heavy atom. The van der Waals surface area contributed by atoms with Gasteiger partial charge < -0.3 is 0 Å². The van der Waals surface area contributed by atoms with Gasteiger partial charge in [-0.05, 0) is 0 Å². The van der Waals surface area contributed by atoms with E-state index in [0.29, 0.717) is 19.5 Å². The third-order valence-electron chi connectivity index (χ3n) is 1.87. The fraction of sp³-hybridized carbons (Fsp3) is 0.833. The van der Waals surface area contributed by atoms with Gasteiger partial charge in [0.15, 0.2) is 0 Å². The van der Waals surface area contributed by atoms with Crippen molar-refractivity contribution in [1.29, 1.82) is 0 Å². The van der Waals surface area contributed by atoms with E-state index in [-0.39, 0.29) is 0 Å². The lowest BCUT2D eigenvalue weighted by atomic mass is 10.4. The van der Waals surface area contributed by atoms with Gasteiger partial charge in [0, 0.05) is 6.42 Å². The minimum Gasteiger partial charge on any atom is -0.184 e. The summed E-state index contributed by atoms with van der Waals surface area (Å²) in [6.45, 7) is 0.676. The maximum absolute atomic E-state index is 11.1. The van der Waals surface area contributed by atoms with Crippen molar-refractivity contribution in [3.8, 4) is 0 Å².